The molecule has 0 amide bonds. The molecule has 4 heteroatoms. The van der Waals surface area contributed by atoms with Crippen molar-refractivity contribution in [1.29, 1.82) is 0 Å². The SMILES string of the molecule is Fc1ccc(SCCNC(C2CC2)C2CC2)cc1F. The number of hydrogen-bond acceptors (Lipinski definition) is 2. The van der Waals surface area contributed by atoms with Crippen LogP contribution in [0.1, 0.15) is 25.7 Å². The highest BCUT2D eigenvalue weighted by atomic mass is 32.2. The second kappa shape index (κ2) is 5.80. The Morgan fingerprint density at radius 2 is 1.79 bits per heavy atom. The monoisotopic (exact) mass is 283 g/mol. The molecule has 19 heavy (non-hydrogen) atoms. The fourth-order valence-corrected chi connectivity index (χ4v) is 3.40. The average Bonchev–Trinajstić information content (AvgIpc) is 3.27. The molecule has 2 saturated carbocycles. The predicted octanol–water partition coefficient (Wildman–Crippen LogP) is 3.84. The zero-order valence-electron chi connectivity index (χ0n) is 10.9. The van der Waals surface area contributed by atoms with Gasteiger partial charge in [0.15, 0.2) is 11.6 Å². The number of nitrogens with one attached hydrogen (secondary N) is 1. The van der Waals surface area contributed by atoms with Gasteiger partial charge in [-0.25, -0.2) is 8.78 Å². The molecule has 0 spiro atoms. The minimum absolute atomic E-state index is 0.713. The summed E-state index contributed by atoms with van der Waals surface area (Å²) in [5.74, 6) is 1.18. The lowest BCUT2D eigenvalue weighted by molar-refractivity contribution is 0.429. The second-order valence-electron chi connectivity index (χ2n) is 5.58. The van der Waals surface area contributed by atoms with Crippen molar-refractivity contribution in [1.82, 2.24) is 5.32 Å². The van der Waals surface area contributed by atoms with Crippen LogP contribution < -0.4 is 5.32 Å². The maximum Gasteiger partial charge on any atom is 0.159 e. The van der Waals surface area contributed by atoms with Crippen LogP contribution in [0.25, 0.3) is 0 Å². The van der Waals surface area contributed by atoms with Crippen LogP contribution in [0.15, 0.2) is 23.1 Å². The standard InChI is InChI=1S/C15H19F2NS/c16-13-6-5-12(9-14(13)17)19-8-7-18-15(10-1-2-10)11-3-4-11/h5-6,9-11,15,18H,1-4,7-8H2. The Kier molecular flexibility index (Phi) is 4.08. The largest absolute Gasteiger partial charge is 0.313 e. The molecular weight excluding hydrogens is 264 g/mol. The maximum atomic E-state index is 13.0. The Morgan fingerprint density at radius 1 is 1.11 bits per heavy atom. The van der Waals surface area contributed by atoms with Gasteiger partial charge in [-0.1, -0.05) is 0 Å². The minimum atomic E-state index is -0.773. The summed E-state index contributed by atoms with van der Waals surface area (Å²) in [6.45, 7) is 0.946. The van der Waals surface area contributed by atoms with Crippen LogP contribution >= 0.6 is 11.8 Å². The van der Waals surface area contributed by atoms with Gasteiger partial charge < -0.3 is 5.32 Å². The van der Waals surface area contributed by atoms with Gasteiger partial charge in [-0.15, -0.1) is 11.8 Å². The lowest BCUT2D eigenvalue weighted by Gasteiger charge is -2.17. The molecule has 0 bridgehead atoms. The quantitative estimate of drug-likeness (QED) is 0.603. The summed E-state index contributed by atoms with van der Waals surface area (Å²) < 4.78 is 25.8. The molecule has 0 aliphatic heterocycles. The van der Waals surface area contributed by atoms with Crippen molar-refractivity contribution in [3.05, 3.63) is 29.8 Å². The summed E-state index contributed by atoms with van der Waals surface area (Å²) >= 11 is 1.58. The van der Waals surface area contributed by atoms with Gasteiger partial charge in [-0.3, -0.25) is 0 Å². The van der Waals surface area contributed by atoms with Crippen LogP contribution in [0.4, 0.5) is 8.78 Å². The fourth-order valence-electron chi connectivity index (χ4n) is 2.59. The number of benzene rings is 1. The first kappa shape index (κ1) is 13.4. The molecule has 2 aliphatic rings. The van der Waals surface area contributed by atoms with E-state index >= 15 is 0 Å². The van der Waals surface area contributed by atoms with Crippen LogP contribution in [-0.2, 0) is 0 Å². The van der Waals surface area contributed by atoms with Crippen molar-refractivity contribution in [2.24, 2.45) is 11.8 Å². The van der Waals surface area contributed by atoms with E-state index in [4.69, 9.17) is 0 Å². The van der Waals surface area contributed by atoms with Crippen LogP contribution in [-0.4, -0.2) is 18.3 Å². The number of hydrogen-bond donors (Lipinski definition) is 1. The number of rotatable bonds is 7. The van der Waals surface area contributed by atoms with Crippen molar-refractivity contribution in [2.75, 3.05) is 12.3 Å². The normalized spacial score (nSPS) is 19.1. The van der Waals surface area contributed by atoms with E-state index in [0.717, 1.165) is 29.0 Å². The summed E-state index contributed by atoms with van der Waals surface area (Å²) in [6.07, 6.45) is 5.52. The van der Waals surface area contributed by atoms with E-state index in [9.17, 15) is 8.78 Å². The van der Waals surface area contributed by atoms with E-state index in [2.05, 4.69) is 5.32 Å². The third-order valence-corrected chi connectivity index (χ3v) is 4.90. The van der Waals surface area contributed by atoms with E-state index in [1.165, 1.54) is 37.8 Å². The molecule has 0 unspecified atom stereocenters. The number of thioether (sulfide) groups is 1. The first-order chi connectivity index (χ1) is 9.24. The minimum Gasteiger partial charge on any atom is -0.313 e. The first-order valence-corrected chi connectivity index (χ1v) is 8.04. The van der Waals surface area contributed by atoms with E-state index in [-0.39, 0.29) is 0 Å². The molecule has 0 aromatic heterocycles. The Labute approximate surface area is 117 Å². The van der Waals surface area contributed by atoms with E-state index in [0.29, 0.717) is 6.04 Å². The summed E-state index contributed by atoms with van der Waals surface area (Å²) in [6, 6.07) is 4.83. The van der Waals surface area contributed by atoms with Crippen LogP contribution in [0, 0.1) is 23.5 Å². The molecule has 2 fully saturated rings. The Morgan fingerprint density at radius 3 is 2.37 bits per heavy atom. The van der Waals surface area contributed by atoms with Gasteiger partial charge in [0.25, 0.3) is 0 Å². The van der Waals surface area contributed by atoms with Crippen molar-refractivity contribution in [2.45, 2.75) is 36.6 Å². The molecule has 104 valence electrons. The molecule has 0 heterocycles. The third kappa shape index (κ3) is 3.69. The van der Waals surface area contributed by atoms with Gasteiger partial charge in [-0.05, 0) is 55.7 Å². The predicted molar refractivity (Wildman–Crippen MR) is 74.3 cm³/mol. The van der Waals surface area contributed by atoms with Gasteiger partial charge in [-0.2, -0.15) is 0 Å². The van der Waals surface area contributed by atoms with Crippen LogP contribution in [0.3, 0.4) is 0 Å². The topological polar surface area (TPSA) is 12.0 Å². The van der Waals surface area contributed by atoms with Gasteiger partial charge in [0.1, 0.15) is 0 Å². The molecule has 2 aliphatic carbocycles. The second-order valence-corrected chi connectivity index (χ2v) is 6.75. The molecule has 0 atom stereocenters. The number of halogens is 2. The Bertz CT molecular complexity index is 432. The first-order valence-electron chi connectivity index (χ1n) is 7.05. The van der Waals surface area contributed by atoms with E-state index in [1.54, 1.807) is 17.8 Å². The Hall–Kier alpha value is -0.610. The van der Waals surface area contributed by atoms with Gasteiger partial charge in [0.05, 0.1) is 0 Å². The molecule has 1 aromatic rings. The van der Waals surface area contributed by atoms with Crippen molar-refractivity contribution in [3.63, 3.8) is 0 Å². The lowest BCUT2D eigenvalue weighted by Crippen LogP contribution is -2.34. The summed E-state index contributed by atoms with van der Waals surface area (Å²) in [5.41, 5.74) is 0. The van der Waals surface area contributed by atoms with Crippen LogP contribution in [0.2, 0.25) is 0 Å². The van der Waals surface area contributed by atoms with E-state index in [1.807, 2.05) is 0 Å². The highest BCUT2D eigenvalue weighted by Crippen LogP contribution is 2.44. The molecule has 1 N–H and O–H groups in total. The van der Waals surface area contributed by atoms with Crippen molar-refractivity contribution < 1.29 is 8.78 Å². The van der Waals surface area contributed by atoms with Gasteiger partial charge in [0.2, 0.25) is 0 Å². The summed E-state index contributed by atoms with van der Waals surface area (Å²) in [7, 11) is 0. The zero-order valence-corrected chi connectivity index (χ0v) is 11.7. The van der Waals surface area contributed by atoms with Crippen molar-refractivity contribution >= 4 is 11.8 Å². The molecule has 3 rings (SSSR count). The van der Waals surface area contributed by atoms with Crippen molar-refractivity contribution in [3.8, 4) is 0 Å². The molecule has 1 aromatic carbocycles. The zero-order chi connectivity index (χ0) is 13.2. The van der Waals surface area contributed by atoms with Crippen LogP contribution in [0.5, 0.6) is 0 Å². The smallest absolute Gasteiger partial charge is 0.159 e. The maximum absolute atomic E-state index is 13.0. The van der Waals surface area contributed by atoms with E-state index < -0.39 is 11.6 Å². The highest BCUT2D eigenvalue weighted by Gasteiger charge is 2.40. The third-order valence-electron chi connectivity index (χ3n) is 3.90. The molecular formula is C15H19F2NS. The lowest BCUT2D eigenvalue weighted by atomic mass is 10.1. The average molecular weight is 283 g/mol. The fraction of sp³-hybridized carbons (Fsp3) is 0.600. The summed E-state index contributed by atoms with van der Waals surface area (Å²) in [5, 5.41) is 3.65. The molecule has 0 saturated heterocycles. The van der Waals surface area contributed by atoms with Gasteiger partial charge in [0, 0.05) is 23.2 Å². The van der Waals surface area contributed by atoms with Gasteiger partial charge >= 0.3 is 0 Å². The molecule has 0 radical (unpaired) electrons. The Balaban J connectivity index is 1.41. The summed E-state index contributed by atoms with van der Waals surface area (Å²) in [4.78, 5) is 0.801. The molecule has 1 nitrogen and oxygen atoms in total. The highest BCUT2D eigenvalue weighted by molar-refractivity contribution is 7.99.